The lowest BCUT2D eigenvalue weighted by Gasteiger charge is -2.20. The smallest absolute Gasteiger partial charge is 0.316 e. The van der Waals surface area contributed by atoms with E-state index < -0.39 is 5.41 Å². The molecule has 1 rings (SSSR count). The molecule has 0 aliphatic heterocycles. The minimum Gasteiger partial charge on any atom is -0.508 e. The molecule has 0 saturated carbocycles. The third-order valence-electron chi connectivity index (χ3n) is 2.52. The molecule has 1 aromatic rings. The summed E-state index contributed by atoms with van der Waals surface area (Å²) in [7, 11) is 0. The minimum atomic E-state index is -0.582. The van der Waals surface area contributed by atoms with Gasteiger partial charge < -0.3 is 14.9 Å². The van der Waals surface area contributed by atoms with Crippen LogP contribution in [0.2, 0.25) is 0 Å². The molecular formula is C12H16O4. The maximum atomic E-state index is 11.7. The topological polar surface area (TPSA) is 66.8 Å². The molecule has 0 atom stereocenters. The quantitative estimate of drug-likeness (QED) is 0.611. The van der Waals surface area contributed by atoms with Gasteiger partial charge in [0.2, 0.25) is 0 Å². The number of hydrogen-bond donors (Lipinski definition) is 2. The van der Waals surface area contributed by atoms with Gasteiger partial charge in [0.1, 0.15) is 17.2 Å². The molecule has 0 unspecified atom stereocenters. The SMILES string of the molecule is CCC(C)(C)C(=O)Oc1cc(O)cc(O)c1. The van der Waals surface area contributed by atoms with Crippen LogP contribution in [0.4, 0.5) is 0 Å². The molecule has 2 N–H and O–H groups in total. The van der Waals surface area contributed by atoms with Crippen molar-refractivity contribution in [3.63, 3.8) is 0 Å². The maximum Gasteiger partial charge on any atom is 0.316 e. The van der Waals surface area contributed by atoms with Gasteiger partial charge in [-0.15, -0.1) is 0 Å². The fraction of sp³-hybridized carbons (Fsp3) is 0.417. The van der Waals surface area contributed by atoms with E-state index in [1.165, 1.54) is 18.2 Å². The number of phenols is 2. The summed E-state index contributed by atoms with van der Waals surface area (Å²) in [5, 5.41) is 18.4. The van der Waals surface area contributed by atoms with Gasteiger partial charge in [0.05, 0.1) is 5.41 Å². The van der Waals surface area contributed by atoms with Crippen LogP contribution >= 0.6 is 0 Å². The van der Waals surface area contributed by atoms with Gasteiger partial charge in [-0.2, -0.15) is 0 Å². The van der Waals surface area contributed by atoms with Crippen molar-refractivity contribution in [1.29, 1.82) is 0 Å². The highest BCUT2D eigenvalue weighted by atomic mass is 16.5. The van der Waals surface area contributed by atoms with Crippen molar-refractivity contribution in [3.05, 3.63) is 18.2 Å². The van der Waals surface area contributed by atoms with Crippen LogP contribution in [0.15, 0.2) is 18.2 Å². The van der Waals surface area contributed by atoms with Gasteiger partial charge in [0, 0.05) is 18.2 Å². The maximum absolute atomic E-state index is 11.7. The molecule has 0 fully saturated rings. The number of hydrogen-bond acceptors (Lipinski definition) is 4. The largest absolute Gasteiger partial charge is 0.508 e. The van der Waals surface area contributed by atoms with Crippen LogP contribution in [0, 0.1) is 5.41 Å². The number of rotatable bonds is 3. The molecule has 0 saturated heterocycles. The summed E-state index contributed by atoms with van der Waals surface area (Å²) in [6.07, 6.45) is 0.649. The van der Waals surface area contributed by atoms with Crippen LogP contribution in [-0.4, -0.2) is 16.2 Å². The third-order valence-corrected chi connectivity index (χ3v) is 2.52. The number of esters is 1. The van der Waals surface area contributed by atoms with Gasteiger partial charge in [-0.05, 0) is 20.3 Å². The van der Waals surface area contributed by atoms with E-state index >= 15 is 0 Å². The number of phenolic OH excluding ortho intramolecular Hbond substituents is 2. The Labute approximate surface area is 94.5 Å². The monoisotopic (exact) mass is 224 g/mol. The number of ether oxygens (including phenoxy) is 1. The highest BCUT2D eigenvalue weighted by Gasteiger charge is 2.27. The van der Waals surface area contributed by atoms with Crippen molar-refractivity contribution in [1.82, 2.24) is 0 Å². The van der Waals surface area contributed by atoms with E-state index in [0.29, 0.717) is 6.42 Å². The highest BCUT2D eigenvalue weighted by molar-refractivity contribution is 5.78. The molecule has 0 heterocycles. The van der Waals surface area contributed by atoms with E-state index in [9.17, 15) is 15.0 Å². The number of carbonyl (C=O) groups excluding carboxylic acids is 1. The second-order valence-electron chi connectivity index (χ2n) is 4.31. The average molecular weight is 224 g/mol. The zero-order valence-electron chi connectivity index (χ0n) is 9.65. The predicted octanol–water partition coefficient (Wildman–Crippen LogP) is 2.44. The van der Waals surface area contributed by atoms with Gasteiger partial charge >= 0.3 is 5.97 Å². The lowest BCUT2D eigenvalue weighted by Crippen LogP contribution is -2.28. The summed E-state index contributed by atoms with van der Waals surface area (Å²) < 4.78 is 5.07. The first kappa shape index (κ1) is 12.4. The van der Waals surface area contributed by atoms with E-state index in [0.717, 1.165) is 0 Å². The first-order valence-electron chi connectivity index (χ1n) is 5.10. The fourth-order valence-electron chi connectivity index (χ4n) is 1.02. The molecule has 0 radical (unpaired) electrons. The van der Waals surface area contributed by atoms with Crippen LogP contribution in [0.25, 0.3) is 0 Å². The van der Waals surface area contributed by atoms with E-state index in [-0.39, 0.29) is 23.2 Å². The first-order valence-corrected chi connectivity index (χ1v) is 5.10. The highest BCUT2D eigenvalue weighted by Crippen LogP contribution is 2.28. The second kappa shape index (κ2) is 4.43. The van der Waals surface area contributed by atoms with Crippen molar-refractivity contribution in [2.45, 2.75) is 27.2 Å². The Morgan fingerprint density at radius 3 is 2.19 bits per heavy atom. The molecule has 0 spiro atoms. The average Bonchev–Trinajstić information content (AvgIpc) is 2.15. The molecular weight excluding hydrogens is 208 g/mol. The standard InChI is InChI=1S/C12H16O4/c1-4-12(2,3)11(15)16-10-6-8(13)5-9(14)7-10/h5-7,13-14H,4H2,1-3H3. The van der Waals surface area contributed by atoms with Crippen LogP contribution in [0.1, 0.15) is 27.2 Å². The Kier molecular flexibility index (Phi) is 3.42. The summed E-state index contributed by atoms with van der Waals surface area (Å²) in [5.41, 5.74) is -0.582. The van der Waals surface area contributed by atoms with Gasteiger partial charge in [-0.3, -0.25) is 4.79 Å². The van der Waals surface area contributed by atoms with Gasteiger partial charge in [-0.25, -0.2) is 0 Å². The molecule has 0 aromatic heterocycles. The molecule has 0 amide bonds. The summed E-state index contributed by atoms with van der Waals surface area (Å²) in [6.45, 7) is 5.44. The van der Waals surface area contributed by atoms with Crippen molar-refractivity contribution in [2.75, 3.05) is 0 Å². The molecule has 4 nitrogen and oxygen atoms in total. The molecule has 16 heavy (non-hydrogen) atoms. The Bertz CT molecular complexity index is 376. The van der Waals surface area contributed by atoms with Crippen LogP contribution in [0.3, 0.4) is 0 Å². The van der Waals surface area contributed by atoms with Crippen LogP contribution < -0.4 is 4.74 Å². The molecule has 4 heteroatoms. The third kappa shape index (κ3) is 2.89. The Hall–Kier alpha value is -1.71. The first-order chi connectivity index (χ1) is 7.35. The summed E-state index contributed by atoms with van der Waals surface area (Å²) in [4.78, 5) is 11.7. The van der Waals surface area contributed by atoms with E-state index in [2.05, 4.69) is 0 Å². The second-order valence-corrected chi connectivity index (χ2v) is 4.31. The predicted molar refractivity (Wildman–Crippen MR) is 59.5 cm³/mol. The normalized spacial score (nSPS) is 11.2. The van der Waals surface area contributed by atoms with Crippen molar-refractivity contribution in [2.24, 2.45) is 5.41 Å². The Balaban J connectivity index is 2.85. The van der Waals surface area contributed by atoms with Gasteiger partial charge in [0.25, 0.3) is 0 Å². The van der Waals surface area contributed by atoms with Crippen molar-refractivity contribution < 1.29 is 19.7 Å². The van der Waals surface area contributed by atoms with Gasteiger partial charge in [0.15, 0.2) is 0 Å². The van der Waals surface area contributed by atoms with Crippen molar-refractivity contribution in [3.8, 4) is 17.2 Å². The fourth-order valence-corrected chi connectivity index (χ4v) is 1.02. The van der Waals surface area contributed by atoms with Crippen LogP contribution in [0.5, 0.6) is 17.2 Å². The lowest BCUT2D eigenvalue weighted by molar-refractivity contribution is -0.144. The summed E-state index contributed by atoms with van der Waals surface area (Å²) >= 11 is 0. The lowest BCUT2D eigenvalue weighted by atomic mass is 9.91. The van der Waals surface area contributed by atoms with E-state index in [4.69, 9.17) is 4.74 Å². The minimum absolute atomic E-state index is 0.142. The molecule has 0 aliphatic carbocycles. The summed E-state index contributed by atoms with van der Waals surface area (Å²) in [6, 6.07) is 3.73. The zero-order valence-corrected chi connectivity index (χ0v) is 9.65. The summed E-state index contributed by atoms with van der Waals surface area (Å²) in [5.74, 6) is -0.529. The number of benzene rings is 1. The van der Waals surface area contributed by atoms with Crippen LogP contribution in [-0.2, 0) is 4.79 Å². The number of carbonyl (C=O) groups is 1. The molecule has 0 bridgehead atoms. The number of aromatic hydroxyl groups is 2. The molecule has 0 aliphatic rings. The zero-order chi connectivity index (χ0) is 12.3. The van der Waals surface area contributed by atoms with Crippen molar-refractivity contribution >= 4 is 5.97 Å². The molecule has 88 valence electrons. The Morgan fingerprint density at radius 1 is 1.25 bits per heavy atom. The van der Waals surface area contributed by atoms with E-state index in [1.807, 2.05) is 6.92 Å². The molecule has 1 aromatic carbocycles. The van der Waals surface area contributed by atoms with Gasteiger partial charge in [-0.1, -0.05) is 6.92 Å². The Morgan fingerprint density at radius 2 is 1.75 bits per heavy atom. The van der Waals surface area contributed by atoms with E-state index in [1.54, 1.807) is 13.8 Å².